The van der Waals surface area contributed by atoms with Crippen LogP contribution in [0.1, 0.15) is 32.1 Å². The van der Waals surface area contributed by atoms with Crippen molar-refractivity contribution in [1.82, 2.24) is 0 Å². The molecular weight excluding hydrogens is 140 g/mol. The van der Waals surface area contributed by atoms with Gasteiger partial charge in [-0.25, -0.2) is 0 Å². The average Bonchev–Trinajstić information content (AvgIpc) is 1.87. The van der Waals surface area contributed by atoms with Gasteiger partial charge in [0.05, 0.1) is 0 Å². The highest BCUT2D eigenvalue weighted by Gasteiger charge is 2.05. The summed E-state index contributed by atoms with van der Waals surface area (Å²) in [6.07, 6.45) is 13.7. The van der Waals surface area contributed by atoms with E-state index in [2.05, 4.69) is 18.4 Å². The van der Waals surface area contributed by atoms with Gasteiger partial charge in [-0.1, -0.05) is 12.2 Å². The van der Waals surface area contributed by atoms with Gasteiger partial charge in [0.1, 0.15) is 0 Å². The zero-order chi connectivity index (χ0) is 7.23. The summed E-state index contributed by atoms with van der Waals surface area (Å²) in [5, 5.41) is 0.935. The zero-order valence-corrected chi connectivity index (χ0v) is 7.49. The fourth-order valence-corrected chi connectivity index (χ4v) is 2.14. The van der Waals surface area contributed by atoms with Gasteiger partial charge in [-0.15, -0.1) is 0 Å². The molecule has 0 saturated heterocycles. The van der Waals surface area contributed by atoms with Gasteiger partial charge < -0.3 is 0 Å². The molecule has 0 radical (unpaired) electrons. The summed E-state index contributed by atoms with van der Waals surface area (Å²) < 4.78 is 0. The highest BCUT2D eigenvalue weighted by Crippen LogP contribution is 2.21. The van der Waals surface area contributed by atoms with Gasteiger partial charge >= 0.3 is 0 Å². The van der Waals surface area contributed by atoms with Gasteiger partial charge in [-0.05, 0) is 38.4 Å². The van der Waals surface area contributed by atoms with Gasteiger partial charge in [0.25, 0.3) is 0 Å². The maximum Gasteiger partial charge on any atom is 0.00473 e. The van der Waals surface area contributed by atoms with Crippen molar-refractivity contribution in [2.45, 2.75) is 37.4 Å². The molecule has 0 amide bonds. The molecule has 1 aliphatic rings. The highest BCUT2D eigenvalue weighted by molar-refractivity contribution is 7.99. The highest BCUT2D eigenvalue weighted by atomic mass is 32.2. The molecule has 0 heterocycles. The summed E-state index contributed by atoms with van der Waals surface area (Å²) in [6, 6.07) is 0. The number of allylic oxidation sites excluding steroid dienone is 2. The third-order valence-corrected chi connectivity index (χ3v) is 3.19. The maximum absolute atomic E-state index is 2.34. The maximum atomic E-state index is 2.34. The predicted octanol–water partition coefficient (Wildman–Crippen LogP) is 3.24. The van der Waals surface area contributed by atoms with Gasteiger partial charge in [0.2, 0.25) is 0 Å². The smallest absolute Gasteiger partial charge is 0.00473 e. The van der Waals surface area contributed by atoms with E-state index < -0.39 is 0 Å². The quantitative estimate of drug-likeness (QED) is 0.525. The summed E-state index contributed by atoms with van der Waals surface area (Å²) in [6.45, 7) is 0. The first-order chi connectivity index (χ1) is 4.93. The number of thioether (sulfide) groups is 1. The molecule has 0 aliphatic heterocycles. The molecule has 0 aromatic heterocycles. The summed E-state index contributed by atoms with van der Waals surface area (Å²) in [7, 11) is 0. The first-order valence-electron chi connectivity index (χ1n) is 4.11. The summed E-state index contributed by atoms with van der Waals surface area (Å²) >= 11 is 2.03. The molecule has 0 saturated carbocycles. The minimum absolute atomic E-state index is 0.935. The Morgan fingerprint density at radius 2 is 2.00 bits per heavy atom. The molecule has 0 nitrogen and oxygen atoms in total. The molecule has 1 unspecified atom stereocenters. The normalized spacial score (nSPS) is 30.7. The molecule has 1 atom stereocenters. The van der Waals surface area contributed by atoms with E-state index in [-0.39, 0.29) is 0 Å². The van der Waals surface area contributed by atoms with Crippen LogP contribution in [0.3, 0.4) is 0 Å². The molecule has 0 bridgehead atoms. The first-order valence-corrected chi connectivity index (χ1v) is 5.40. The molecule has 1 aliphatic carbocycles. The standard InChI is InChI=1S/C9H16S/c1-10-9-7-5-3-2-4-6-8-9/h2-3,9H,4-8H2,1H3/b3-2+. The Kier molecular flexibility index (Phi) is 3.96. The van der Waals surface area contributed by atoms with Crippen molar-refractivity contribution in [2.24, 2.45) is 0 Å². The monoisotopic (exact) mass is 156 g/mol. The van der Waals surface area contributed by atoms with Crippen molar-refractivity contribution >= 4 is 11.8 Å². The summed E-state index contributed by atoms with van der Waals surface area (Å²) in [4.78, 5) is 0. The molecule has 0 aromatic rings. The second-order valence-electron chi connectivity index (χ2n) is 2.84. The lowest BCUT2D eigenvalue weighted by Crippen LogP contribution is -2.02. The van der Waals surface area contributed by atoms with Crippen LogP contribution in [0, 0.1) is 0 Å². The van der Waals surface area contributed by atoms with Crippen LogP contribution in [-0.4, -0.2) is 11.5 Å². The average molecular weight is 156 g/mol. The van der Waals surface area contributed by atoms with E-state index in [0.717, 1.165) is 5.25 Å². The van der Waals surface area contributed by atoms with Gasteiger partial charge in [0, 0.05) is 5.25 Å². The minimum atomic E-state index is 0.935. The van der Waals surface area contributed by atoms with Crippen LogP contribution >= 0.6 is 11.8 Å². The Morgan fingerprint density at radius 3 is 2.80 bits per heavy atom. The van der Waals surface area contributed by atoms with E-state index in [0.29, 0.717) is 0 Å². The molecule has 10 heavy (non-hydrogen) atoms. The predicted molar refractivity (Wildman–Crippen MR) is 49.5 cm³/mol. The van der Waals surface area contributed by atoms with E-state index >= 15 is 0 Å². The van der Waals surface area contributed by atoms with Crippen LogP contribution in [0.25, 0.3) is 0 Å². The molecule has 0 fully saturated rings. The fraction of sp³-hybridized carbons (Fsp3) is 0.778. The van der Waals surface area contributed by atoms with Crippen molar-refractivity contribution in [3.63, 3.8) is 0 Å². The van der Waals surface area contributed by atoms with Crippen molar-refractivity contribution < 1.29 is 0 Å². The van der Waals surface area contributed by atoms with Crippen LogP contribution in [-0.2, 0) is 0 Å². The zero-order valence-electron chi connectivity index (χ0n) is 6.68. The van der Waals surface area contributed by atoms with Crippen molar-refractivity contribution in [1.29, 1.82) is 0 Å². The van der Waals surface area contributed by atoms with Crippen molar-refractivity contribution in [2.75, 3.05) is 6.26 Å². The van der Waals surface area contributed by atoms with E-state index in [4.69, 9.17) is 0 Å². The Balaban J connectivity index is 2.27. The first kappa shape index (κ1) is 8.19. The molecule has 1 rings (SSSR count). The molecule has 0 spiro atoms. The Morgan fingerprint density at radius 1 is 1.20 bits per heavy atom. The van der Waals surface area contributed by atoms with E-state index in [1.165, 1.54) is 32.1 Å². The number of rotatable bonds is 1. The molecule has 1 heteroatoms. The third-order valence-electron chi connectivity index (χ3n) is 2.05. The van der Waals surface area contributed by atoms with E-state index in [1.807, 2.05) is 11.8 Å². The van der Waals surface area contributed by atoms with Crippen LogP contribution in [0.4, 0.5) is 0 Å². The molecule has 0 aromatic carbocycles. The molecule has 0 N–H and O–H groups in total. The van der Waals surface area contributed by atoms with Gasteiger partial charge in [0.15, 0.2) is 0 Å². The lowest BCUT2D eigenvalue weighted by Gasteiger charge is -2.13. The number of hydrogen-bond donors (Lipinski definition) is 0. The van der Waals surface area contributed by atoms with Crippen LogP contribution in [0.15, 0.2) is 12.2 Å². The third kappa shape index (κ3) is 2.78. The Labute approximate surface area is 68.1 Å². The summed E-state index contributed by atoms with van der Waals surface area (Å²) in [5.74, 6) is 0. The Hall–Kier alpha value is 0.0900. The topological polar surface area (TPSA) is 0 Å². The van der Waals surface area contributed by atoms with Crippen molar-refractivity contribution in [3.05, 3.63) is 12.2 Å². The lowest BCUT2D eigenvalue weighted by molar-refractivity contribution is 0.654. The SMILES string of the molecule is CSC1CC/C=C/CCC1. The van der Waals surface area contributed by atoms with E-state index in [9.17, 15) is 0 Å². The second-order valence-corrected chi connectivity index (χ2v) is 3.98. The van der Waals surface area contributed by atoms with Crippen LogP contribution < -0.4 is 0 Å². The van der Waals surface area contributed by atoms with Gasteiger partial charge in [-0.3, -0.25) is 0 Å². The fourth-order valence-electron chi connectivity index (χ4n) is 1.36. The van der Waals surface area contributed by atoms with Gasteiger partial charge in [-0.2, -0.15) is 11.8 Å². The largest absolute Gasteiger partial charge is 0.162 e. The molecule has 58 valence electrons. The summed E-state index contributed by atoms with van der Waals surface area (Å²) in [5.41, 5.74) is 0. The molecular formula is C9H16S. The number of hydrogen-bond acceptors (Lipinski definition) is 1. The van der Waals surface area contributed by atoms with E-state index in [1.54, 1.807) is 0 Å². The second kappa shape index (κ2) is 4.84. The Bertz CT molecular complexity index is 107. The van der Waals surface area contributed by atoms with Crippen LogP contribution in [0.2, 0.25) is 0 Å². The van der Waals surface area contributed by atoms with Crippen molar-refractivity contribution in [3.8, 4) is 0 Å². The van der Waals surface area contributed by atoms with Crippen LogP contribution in [0.5, 0.6) is 0 Å². The minimum Gasteiger partial charge on any atom is -0.162 e. The lowest BCUT2D eigenvalue weighted by atomic mass is 10.1.